The molecular weight excluding hydrogens is 293 g/mol. The zero-order valence-electron chi connectivity index (χ0n) is 11.6. The monoisotopic (exact) mass is 311 g/mol. The predicted octanol–water partition coefficient (Wildman–Crippen LogP) is 2.77. The van der Waals surface area contributed by atoms with E-state index >= 15 is 0 Å². The molecule has 1 fully saturated rings. The highest BCUT2D eigenvalue weighted by Gasteiger charge is 2.32. The van der Waals surface area contributed by atoms with Gasteiger partial charge >= 0.3 is 5.97 Å². The summed E-state index contributed by atoms with van der Waals surface area (Å²) < 4.78 is 12.8. The number of carbonyl (C=O) groups is 2. The SMILES string of the molecule is O=C(O)CCN(C(=O)CCSc1ccc(F)cc1)C1CC1. The number of carboxylic acids is 1. The number of amides is 1. The van der Waals surface area contributed by atoms with Gasteiger partial charge in [0.05, 0.1) is 6.42 Å². The van der Waals surface area contributed by atoms with Crippen molar-refractivity contribution in [3.8, 4) is 0 Å². The van der Waals surface area contributed by atoms with Crippen LogP contribution in [-0.2, 0) is 9.59 Å². The largest absolute Gasteiger partial charge is 0.481 e. The summed E-state index contributed by atoms with van der Waals surface area (Å²) in [4.78, 5) is 25.4. The van der Waals surface area contributed by atoms with Gasteiger partial charge in [0.1, 0.15) is 5.82 Å². The van der Waals surface area contributed by atoms with E-state index in [1.54, 1.807) is 17.0 Å². The van der Waals surface area contributed by atoms with Crippen LogP contribution in [0.15, 0.2) is 29.2 Å². The second-order valence-electron chi connectivity index (χ2n) is 5.01. The molecule has 6 heteroatoms. The topological polar surface area (TPSA) is 57.6 Å². The van der Waals surface area contributed by atoms with Crippen LogP contribution in [0.5, 0.6) is 0 Å². The maximum atomic E-state index is 12.8. The Kier molecular flexibility index (Phi) is 5.61. The number of aliphatic carboxylic acids is 1. The standard InChI is InChI=1S/C15H18FNO3S/c16-11-1-5-13(6-2-11)21-10-8-14(18)17(12-3-4-12)9-7-15(19)20/h1-2,5-6,12H,3-4,7-10H2,(H,19,20). The summed E-state index contributed by atoms with van der Waals surface area (Å²) in [5.41, 5.74) is 0. The van der Waals surface area contributed by atoms with Crippen molar-refractivity contribution in [2.45, 2.75) is 36.6 Å². The van der Waals surface area contributed by atoms with Crippen molar-refractivity contribution in [1.29, 1.82) is 0 Å². The number of benzene rings is 1. The zero-order chi connectivity index (χ0) is 15.2. The first-order valence-corrected chi connectivity index (χ1v) is 7.94. The van der Waals surface area contributed by atoms with Gasteiger partial charge in [0, 0.05) is 29.7 Å². The first-order valence-electron chi connectivity index (χ1n) is 6.96. The molecule has 0 spiro atoms. The van der Waals surface area contributed by atoms with Gasteiger partial charge in [0.25, 0.3) is 0 Å². The van der Waals surface area contributed by atoms with Gasteiger partial charge in [0.2, 0.25) is 5.91 Å². The molecule has 2 rings (SSSR count). The van der Waals surface area contributed by atoms with E-state index in [1.807, 2.05) is 0 Å². The summed E-state index contributed by atoms with van der Waals surface area (Å²) >= 11 is 1.50. The van der Waals surface area contributed by atoms with Crippen LogP contribution in [-0.4, -0.2) is 40.2 Å². The maximum Gasteiger partial charge on any atom is 0.305 e. The van der Waals surface area contributed by atoms with Gasteiger partial charge in [-0.15, -0.1) is 11.8 Å². The van der Waals surface area contributed by atoms with Crippen LogP contribution >= 0.6 is 11.8 Å². The van der Waals surface area contributed by atoms with E-state index < -0.39 is 5.97 Å². The van der Waals surface area contributed by atoms with E-state index in [9.17, 15) is 14.0 Å². The molecule has 1 aliphatic rings. The Balaban J connectivity index is 1.76. The molecule has 0 bridgehead atoms. The fraction of sp³-hybridized carbons (Fsp3) is 0.467. The van der Waals surface area contributed by atoms with Gasteiger partial charge in [0.15, 0.2) is 0 Å². The summed E-state index contributed by atoms with van der Waals surface area (Å²) in [6, 6.07) is 6.40. The molecule has 1 amide bonds. The van der Waals surface area contributed by atoms with Gasteiger partial charge in [-0.25, -0.2) is 4.39 Å². The minimum Gasteiger partial charge on any atom is -0.481 e. The molecule has 1 aromatic carbocycles. The minimum absolute atomic E-state index is 0.00660. The lowest BCUT2D eigenvalue weighted by atomic mass is 10.3. The molecule has 114 valence electrons. The van der Waals surface area contributed by atoms with Gasteiger partial charge in [-0.05, 0) is 37.1 Å². The smallest absolute Gasteiger partial charge is 0.305 e. The van der Waals surface area contributed by atoms with E-state index in [1.165, 1.54) is 23.9 Å². The second kappa shape index (κ2) is 7.45. The van der Waals surface area contributed by atoms with E-state index in [0.717, 1.165) is 17.7 Å². The maximum absolute atomic E-state index is 12.8. The van der Waals surface area contributed by atoms with Crippen molar-refractivity contribution in [3.05, 3.63) is 30.1 Å². The molecule has 0 unspecified atom stereocenters. The Morgan fingerprint density at radius 1 is 1.24 bits per heavy atom. The molecule has 0 atom stereocenters. The van der Waals surface area contributed by atoms with Crippen molar-refractivity contribution in [2.24, 2.45) is 0 Å². The number of nitrogens with zero attached hydrogens (tertiary/aromatic N) is 1. The Morgan fingerprint density at radius 2 is 1.90 bits per heavy atom. The first kappa shape index (κ1) is 15.8. The molecule has 21 heavy (non-hydrogen) atoms. The molecular formula is C15H18FNO3S. The third-order valence-electron chi connectivity index (χ3n) is 3.27. The van der Waals surface area contributed by atoms with Crippen molar-refractivity contribution in [3.63, 3.8) is 0 Å². The van der Waals surface area contributed by atoms with Crippen LogP contribution in [0.3, 0.4) is 0 Å². The number of halogens is 1. The van der Waals surface area contributed by atoms with Crippen molar-refractivity contribution >= 4 is 23.6 Å². The Labute approximate surface area is 127 Å². The van der Waals surface area contributed by atoms with Gasteiger partial charge in [-0.2, -0.15) is 0 Å². The van der Waals surface area contributed by atoms with Crippen molar-refractivity contribution in [2.75, 3.05) is 12.3 Å². The molecule has 0 heterocycles. The Morgan fingerprint density at radius 3 is 2.48 bits per heavy atom. The molecule has 1 aliphatic carbocycles. The Bertz CT molecular complexity index is 502. The average Bonchev–Trinajstić information content (AvgIpc) is 3.25. The van der Waals surface area contributed by atoms with Gasteiger partial charge < -0.3 is 10.0 Å². The van der Waals surface area contributed by atoms with Crippen LogP contribution in [0, 0.1) is 5.82 Å². The fourth-order valence-electron chi connectivity index (χ4n) is 2.04. The minimum atomic E-state index is -0.880. The molecule has 4 nitrogen and oxygen atoms in total. The van der Waals surface area contributed by atoms with Crippen LogP contribution in [0.25, 0.3) is 0 Å². The highest BCUT2D eigenvalue weighted by atomic mass is 32.2. The molecule has 0 aromatic heterocycles. The lowest BCUT2D eigenvalue weighted by molar-refractivity contribution is -0.138. The highest BCUT2D eigenvalue weighted by molar-refractivity contribution is 7.99. The van der Waals surface area contributed by atoms with Crippen LogP contribution in [0.4, 0.5) is 4.39 Å². The third kappa shape index (κ3) is 5.38. The summed E-state index contributed by atoms with van der Waals surface area (Å²) in [7, 11) is 0. The number of carboxylic acid groups (broad SMARTS) is 1. The molecule has 0 radical (unpaired) electrons. The highest BCUT2D eigenvalue weighted by Crippen LogP contribution is 2.28. The molecule has 1 saturated carbocycles. The second-order valence-corrected chi connectivity index (χ2v) is 6.18. The lowest BCUT2D eigenvalue weighted by Crippen LogP contribution is -2.35. The number of hydrogen-bond donors (Lipinski definition) is 1. The van der Waals surface area contributed by atoms with Crippen LogP contribution in [0.1, 0.15) is 25.7 Å². The normalized spacial score (nSPS) is 14.0. The number of thioether (sulfide) groups is 1. The predicted molar refractivity (Wildman–Crippen MR) is 78.7 cm³/mol. The fourth-order valence-corrected chi connectivity index (χ4v) is 2.88. The molecule has 1 N–H and O–H groups in total. The molecule has 0 aliphatic heterocycles. The lowest BCUT2D eigenvalue weighted by Gasteiger charge is -2.21. The number of hydrogen-bond acceptors (Lipinski definition) is 3. The van der Waals surface area contributed by atoms with E-state index in [2.05, 4.69) is 0 Å². The number of carbonyl (C=O) groups excluding carboxylic acids is 1. The summed E-state index contributed by atoms with van der Waals surface area (Å²) in [6.07, 6.45) is 2.30. The van der Waals surface area contributed by atoms with Crippen LogP contribution in [0.2, 0.25) is 0 Å². The number of rotatable bonds is 8. The van der Waals surface area contributed by atoms with Gasteiger partial charge in [-0.3, -0.25) is 9.59 Å². The molecule has 0 saturated heterocycles. The quantitative estimate of drug-likeness (QED) is 0.750. The van der Waals surface area contributed by atoms with Crippen molar-refractivity contribution < 1.29 is 19.1 Å². The summed E-state index contributed by atoms with van der Waals surface area (Å²) in [6.45, 7) is 0.292. The van der Waals surface area contributed by atoms with E-state index in [0.29, 0.717) is 18.7 Å². The summed E-state index contributed by atoms with van der Waals surface area (Å²) in [5, 5.41) is 8.72. The third-order valence-corrected chi connectivity index (χ3v) is 4.29. The average molecular weight is 311 g/mol. The van der Waals surface area contributed by atoms with Crippen molar-refractivity contribution in [1.82, 2.24) is 4.90 Å². The van der Waals surface area contributed by atoms with E-state index in [-0.39, 0.29) is 24.2 Å². The summed E-state index contributed by atoms with van der Waals surface area (Å²) in [5.74, 6) is -0.535. The zero-order valence-corrected chi connectivity index (χ0v) is 12.4. The van der Waals surface area contributed by atoms with E-state index in [4.69, 9.17) is 5.11 Å². The molecule has 1 aromatic rings. The Hall–Kier alpha value is -1.56. The van der Waals surface area contributed by atoms with Crippen LogP contribution < -0.4 is 0 Å². The van der Waals surface area contributed by atoms with Gasteiger partial charge in [-0.1, -0.05) is 0 Å². The first-order chi connectivity index (χ1) is 10.1.